The minimum absolute atomic E-state index is 0.149. The Morgan fingerprint density at radius 1 is 1.09 bits per heavy atom. The smallest absolute Gasteiger partial charge is 0.410 e. The Balaban J connectivity index is 1.55. The molecule has 1 aromatic carbocycles. The maximum atomic E-state index is 13.9. The fraction of sp³-hybridized carbons (Fsp3) is 0.500. The highest BCUT2D eigenvalue weighted by molar-refractivity contribution is 5.97. The van der Waals surface area contributed by atoms with E-state index in [0.717, 1.165) is 24.3 Å². The van der Waals surface area contributed by atoms with Gasteiger partial charge in [0.05, 0.1) is 24.6 Å². The first kappa shape index (κ1) is 23.7. The van der Waals surface area contributed by atoms with Crippen molar-refractivity contribution in [3.63, 3.8) is 0 Å². The molecular weight excluding hydrogens is 441 g/mol. The number of ether oxygens (including phenoxy) is 2. The topological polar surface area (TPSA) is 88.1 Å². The third-order valence-electron chi connectivity index (χ3n) is 6.01. The summed E-state index contributed by atoms with van der Waals surface area (Å²) in [6, 6.07) is 4.28. The molecule has 1 aromatic heterocycles. The number of hydrogen-bond acceptors (Lipinski definition) is 8. The van der Waals surface area contributed by atoms with Crippen LogP contribution in [-0.2, 0) is 9.47 Å². The number of fused-ring (bicyclic) bond motifs is 1. The van der Waals surface area contributed by atoms with E-state index in [9.17, 15) is 14.0 Å². The Kier molecular flexibility index (Phi) is 6.58. The third kappa shape index (κ3) is 4.90. The molecule has 0 radical (unpaired) electrons. The van der Waals surface area contributed by atoms with Crippen molar-refractivity contribution in [3.8, 4) is 0 Å². The van der Waals surface area contributed by atoms with E-state index in [1.807, 2.05) is 25.7 Å². The van der Waals surface area contributed by atoms with Gasteiger partial charge in [-0.1, -0.05) is 0 Å². The van der Waals surface area contributed by atoms with Gasteiger partial charge in [-0.3, -0.25) is 0 Å². The summed E-state index contributed by atoms with van der Waals surface area (Å²) in [6.45, 7) is 8.00. The van der Waals surface area contributed by atoms with Gasteiger partial charge in [0.2, 0.25) is 0 Å². The summed E-state index contributed by atoms with van der Waals surface area (Å²) in [4.78, 5) is 39.4. The molecule has 1 fully saturated rings. The van der Waals surface area contributed by atoms with E-state index in [4.69, 9.17) is 9.47 Å². The monoisotopic (exact) mass is 471 g/mol. The number of benzene rings is 1. The maximum Gasteiger partial charge on any atom is 0.410 e. The van der Waals surface area contributed by atoms with Crippen molar-refractivity contribution >= 4 is 29.3 Å². The Morgan fingerprint density at radius 2 is 1.82 bits per heavy atom. The summed E-state index contributed by atoms with van der Waals surface area (Å²) < 4.78 is 24.3. The number of carbonyl (C=O) groups excluding carboxylic acids is 2. The van der Waals surface area contributed by atoms with Gasteiger partial charge in [0.15, 0.2) is 5.82 Å². The van der Waals surface area contributed by atoms with E-state index in [0.29, 0.717) is 31.9 Å². The number of nitrogens with zero attached hydrogens (tertiary/aromatic N) is 5. The summed E-state index contributed by atoms with van der Waals surface area (Å²) in [5, 5.41) is 0. The molecule has 0 aliphatic carbocycles. The highest BCUT2D eigenvalue weighted by Crippen LogP contribution is 2.39. The lowest BCUT2D eigenvalue weighted by atomic mass is 10.0. The number of carbonyl (C=O) groups is 2. The van der Waals surface area contributed by atoms with Crippen LogP contribution in [0.2, 0.25) is 0 Å². The summed E-state index contributed by atoms with van der Waals surface area (Å²) in [6.07, 6.45) is 4.48. The molecule has 0 unspecified atom stereocenters. The number of aromatic nitrogens is 2. The molecule has 34 heavy (non-hydrogen) atoms. The van der Waals surface area contributed by atoms with Gasteiger partial charge in [0, 0.05) is 32.2 Å². The lowest BCUT2D eigenvalue weighted by Crippen LogP contribution is -2.51. The zero-order valence-electron chi connectivity index (χ0n) is 20.0. The van der Waals surface area contributed by atoms with Crippen LogP contribution in [0.4, 0.5) is 26.4 Å². The molecule has 1 amide bonds. The van der Waals surface area contributed by atoms with Crippen molar-refractivity contribution in [3.05, 3.63) is 42.1 Å². The molecule has 0 atom stereocenters. The molecule has 2 aliphatic rings. The first-order valence-electron chi connectivity index (χ1n) is 11.4. The van der Waals surface area contributed by atoms with E-state index in [1.165, 1.54) is 25.6 Å². The second-order valence-electron chi connectivity index (χ2n) is 9.43. The molecule has 2 aromatic rings. The summed E-state index contributed by atoms with van der Waals surface area (Å²) in [5.74, 6) is -0.369. The van der Waals surface area contributed by atoms with E-state index >= 15 is 0 Å². The zero-order valence-corrected chi connectivity index (χ0v) is 20.0. The van der Waals surface area contributed by atoms with E-state index in [2.05, 4.69) is 14.9 Å². The van der Waals surface area contributed by atoms with Crippen molar-refractivity contribution in [2.75, 3.05) is 43.1 Å². The number of anilines is 3. The van der Waals surface area contributed by atoms with Gasteiger partial charge in [-0.25, -0.2) is 23.9 Å². The van der Waals surface area contributed by atoms with Crippen LogP contribution in [0.5, 0.6) is 0 Å². The number of methoxy groups -OCH3 is 1. The second-order valence-corrected chi connectivity index (χ2v) is 9.43. The van der Waals surface area contributed by atoms with Crippen LogP contribution in [0.1, 0.15) is 44.0 Å². The maximum absolute atomic E-state index is 13.9. The number of hydrogen-bond donors (Lipinski definition) is 0. The molecule has 0 spiro atoms. The van der Waals surface area contributed by atoms with Gasteiger partial charge in [0.1, 0.15) is 23.4 Å². The number of likely N-dealkylation sites (tertiary alicyclic amines) is 1. The largest absolute Gasteiger partial charge is 0.465 e. The molecule has 10 heteroatoms. The predicted octanol–water partition coefficient (Wildman–Crippen LogP) is 3.76. The lowest BCUT2D eigenvalue weighted by Gasteiger charge is -2.44. The molecule has 9 nitrogen and oxygen atoms in total. The van der Waals surface area contributed by atoms with Crippen molar-refractivity contribution < 1.29 is 23.5 Å². The number of rotatable bonds is 3. The van der Waals surface area contributed by atoms with Crippen LogP contribution in [0.3, 0.4) is 0 Å². The molecule has 0 bridgehead atoms. The van der Waals surface area contributed by atoms with Crippen LogP contribution < -0.4 is 9.80 Å². The second kappa shape index (κ2) is 9.44. The van der Waals surface area contributed by atoms with E-state index < -0.39 is 17.4 Å². The molecule has 2 aliphatic heterocycles. The molecule has 4 rings (SSSR count). The normalized spacial score (nSPS) is 16.8. The molecular formula is C24H30FN5O4. The zero-order chi connectivity index (χ0) is 24.5. The Bertz CT molecular complexity index is 1070. The Hall–Kier alpha value is -3.43. The van der Waals surface area contributed by atoms with Crippen LogP contribution >= 0.6 is 0 Å². The number of halogens is 1. The van der Waals surface area contributed by atoms with Gasteiger partial charge in [-0.15, -0.1) is 0 Å². The SMILES string of the molecule is COC(=O)c1cc(F)ccc1N1CCN(C2CCN(C(=O)OC(C)(C)C)CC2)c2ncncc21. The van der Waals surface area contributed by atoms with Gasteiger partial charge in [-0.2, -0.15) is 0 Å². The quantitative estimate of drug-likeness (QED) is 0.626. The minimum Gasteiger partial charge on any atom is -0.465 e. The average molecular weight is 472 g/mol. The van der Waals surface area contributed by atoms with Crippen molar-refractivity contribution in [2.24, 2.45) is 0 Å². The lowest BCUT2D eigenvalue weighted by molar-refractivity contribution is 0.0204. The molecule has 0 saturated carbocycles. The number of piperidine rings is 1. The standard InChI is InChI=1S/C24H30FN5O4/c1-24(2,3)34-23(32)28-9-7-17(8-10-28)29-11-12-30(20-14-26-15-27-21(20)29)19-6-5-16(25)13-18(19)22(31)33-4/h5-6,13-15,17H,7-12H2,1-4H3. The fourth-order valence-corrected chi connectivity index (χ4v) is 4.47. The number of esters is 1. The van der Waals surface area contributed by atoms with Crippen LogP contribution in [0.25, 0.3) is 0 Å². The van der Waals surface area contributed by atoms with E-state index in [-0.39, 0.29) is 17.7 Å². The van der Waals surface area contributed by atoms with Crippen molar-refractivity contribution in [1.82, 2.24) is 14.9 Å². The molecule has 3 heterocycles. The van der Waals surface area contributed by atoms with Crippen molar-refractivity contribution in [1.29, 1.82) is 0 Å². The van der Waals surface area contributed by atoms with E-state index in [1.54, 1.807) is 17.2 Å². The number of amides is 1. The molecule has 182 valence electrons. The Labute approximate surface area is 198 Å². The summed E-state index contributed by atoms with van der Waals surface area (Å²) in [5.41, 5.74) is 0.906. The summed E-state index contributed by atoms with van der Waals surface area (Å²) >= 11 is 0. The highest BCUT2D eigenvalue weighted by atomic mass is 19.1. The van der Waals surface area contributed by atoms with Gasteiger partial charge < -0.3 is 24.2 Å². The van der Waals surface area contributed by atoms with Crippen molar-refractivity contribution in [2.45, 2.75) is 45.3 Å². The Morgan fingerprint density at radius 3 is 2.50 bits per heavy atom. The summed E-state index contributed by atoms with van der Waals surface area (Å²) in [7, 11) is 1.27. The molecule has 0 N–H and O–H groups in total. The first-order chi connectivity index (χ1) is 16.2. The van der Waals surface area contributed by atoms with Crippen LogP contribution in [0.15, 0.2) is 30.7 Å². The van der Waals surface area contributed by atoms with Gasteiger partial charge in [-0.05, 0) is 51.8 Å². The third-order valence-corrected chi connectivity index (χ3v) is 6.01. The fourth-order valence-electron chi connectivity index (χ4n) is 4.47. The van der Waals surface area contributed by atoms with Gasteiger partial charge >= 0.3 is 12.1 Å². The van der Waals surface area contributed by atoms with Crippen LogP contribution in [0, 0.1) is 5.82 Å². The average Bonchev–Trinajstić information content (AvgIpc) is 2.82. The van der Waals surface area contributed by atoms with Crippen LogP contribution in [-0.4, -0.2) is 71.9 Å². The van der Waals surface area contributed by atoms with Gasteiger partial charge in [0.25, 0.3) is 0 Å². The highest BCUT2D eigenvalue weighted by Gasteiger charge is 2.35. The predicted molar refractivity (Wildman–Crippen MR) is 125 cm³/mol. The molecule has 1 saturated heterocycles. The minimum atomic E-state index is -0.607. The first-order valence-corrected chi connectivity index (χ1v) is 11.4.